The molecule has 0 unspecified atom stereocenters. The number of ether oxygens (including phenoxy) is 1. The van der Waals surface area contributed by atoms with Crippen molar-refractivity contribution in [2.24, 2.45) is 0 Å². The first-order valence-electron chi connectivity index (χ1n) is 13.4. The molecule has 4 heterocycles. The zero-order valence-corrected chi connectivity index (χ0v) is 22.7. The quantitative estimate of drug-likeness (QED) is 0.397. The summed E-state index contributed by atoms with van der Waals surface area (Å²) in [5, 5.41) is 6.72. The summed E-state index contributed by atoms with van der Waals surface area (Å²) in [7, 11) is 0. The van der Waals surface area contributed by atoms with Gasteiger partial charge in [0.05, 0.1) is 28.6 Å². The monoisotopic (exact) mass is 545 g/mol. The van der Waals surface area contributed by atoms with Crippen LogP contribution in [0.3, 0.4) is 0 Å². The van der Waals surface area contributed by atoms with E-state index in [2.05, 4.69) is 22.2 Å². The summed E-state index contributed by atoms with van der Waals surface area (Å²) in [5.74, 6) is 0.385. The van der Waals surface area contributed by atoms with Gasteiger partial charge in [0.15, 0.2) is 0 Å². The molecule has 6 rings (SSSR count). The summed E-state index contributed by atoms with van der Waals surface area (Å²) in [6.07, 6.45) is 9.68. The van der Waals surface area contributed by atoms with Crippen LogP contribution in [0.2, 0.25) is 0 Å². The van der Waals surface area contributed by atoms with Crippen LogP contribution in [0.15, 0.2) is 43.1 Å². The lowest BCUT2D eigenvalue weighted by Gasteiger charge is -2.30. The number of rotatable bonds is 6. The third kappa shape index (κ3) is 4.73. The van der Waals surface area contributed by atoms with Gasteiger partial charge in [0.25, 0.3) is 5.91 Å². The summed E-state index contributed by atoms with van der Waals surface area (Å²) in [4.78, 5) is 47.6. The molecule has 9 nitrogen and oxygen atoms in total. The first kappa shape index (κ1) is 25.4. The second-order valence-corrected chi connectivity index (χ2v) is 11.4. The van der Waals surface area contributed by atoms with Gasteiger partial charge in [-0.1, -0.05) is 13.0 Å². The predicted octanol–water partition coefficient (Wildman–Crippen LogP) is 5.52. The predicted molar refractivity (Wildman–Crippen MR) is 152 cm³/mol. The minimum atomic E-state index is -0.338. The Bertz CT molecular complexity index is 1480. The number of thiophene rings is 1. The third-order valence-corrected chi connectivity index (χ3v) is 8.82. The average molecular weight is 546 g/mol. The zero-order valence-electron chi connectivity index (χ0n) is 21.9. The molecular formula is C29H31N5O4S. The Morgan fingerprint density at radius 3 is 2.77 bits per heavy atom. The Kier molecular flexibility index (Phi) is 6.72. The van der Waals surface area contributed by atoms with Crippen LogP contribution in [0.4, 0.5) is 21.9 Å². The number of carbonyl (C=O) groups is 3. The second kappa shape index (κ2) is 10.3. The molecule has 10 heteroatoms. The van der Waals surface area contributed by atoms with E-state index in [4.69, 9.17) is 4.74 Å². The molecule has 3 aliphatic rings. The fourth-order valence-corrected chi connectivity index (χ4v) is 6.79. The van der Waals surface area contributed by atoms with Crippen molar-refractivity contribution in [1.82, 2.24) is 15.2 Å². The molecule has 2 N–H and O–H groups in total. The van der Waals surface area contributed by atoms with E-state index in [0.717, 1.165) is 35.2 Å². The first-order chi connectivity index (χ1) is 18.9. The van der Waals surface area contributed by atoms with E-state index >= 15 is 0 Å². The van der Waals surface area contributed by atoms with Gasteiger partial charge in [-0.2, -0.15) is 0 Å². The lowest BCUT2D eigenvalue weighted by Crippen LogP contribution is -2.39. The fourth-order valence-electron chi connectivity index (χ4n) is 5.77. The molecule has 0 bridgehead atoms. The van der Waals surface area contributed by atoms with Gasteiger partial charge in [0.1, 0.15) is 15.5 Å². The van der Waals surface area contributed by atoms with Crippen LogP contribution in [0.1, 0.15) is 53.8 Å². The van der Waals surface area contributed by atoms with E-state index in [9.17, 15) is 14.4 Å². The Morgan fingerprint density at radius 1 is 1.18 bits per heavy atom. The summed E-state index contributed by atoms with van der Waals surface area (Å²) < 4.78 is 6.23. The van der Waals surface area contributed by atoms with Crippen LogP contribution in [0.25, 0.3) is 10.2 Å². The van der Waals surface area contributed by atoms with E-state index in [1.807, 2.05) is 25.1 Å². The molecule has 0 spiro atoms. The molecular weight excluding hydrogens is 514 g/mol. The van der Waals surface area contributed by atoms with Crippen molar-refractivity contribution < 1.29 is 19.1 Å². The molecule has 1 saturated carbocycles. The lowest BCUT2D eigenvalue weighted by atomic mass is 9.98. The van der Waals surface area contributed by atoms with Gasteiger partial charge in [0.2, 0.25) is 5.91 Å². The van der Waals surface area contributed by atoms with Gasteiger partial charge in [-0.25, -0.2) is 9.78 Å². The Hall–Kier alpha value is -3.92. The minimum Gasteiger partial charge on any atom is -0.490 e. The number of hydrogen-bond donors (Lipinski definition) is 2. The van der Waals surface area contributed by atoms with Crippen molar-refractivity contribution in [1.29, 1.82) is 0 Å². The molecule has 1 saturated heterocycles. The molecule has 4 amide bonds. The van der Waals surface area contributed by atoms with Crippen LogP contribution in [-0.4, -0.2) is 53.0 Å². The van der Waals surface area contributed by atoms with E-state index < -0.39 is 0 Å². The number of amides is 4. The molecule has 2 aromatic heterocycles. The lowest BCUT2D eigenvalue weighted by molar-refractivity contribution is -0.125. The van der Waals surface area contributed by atoms with Crippen LogP contribution in [0, 0.1) is 6.92 Å². The van der Waals surface area contributed by atoms with E-state index in [1.165, 1.54) is 36.7 Å². The van der Waals surface area contributed by atoms with Gasteiger partial charge in [-0.3, -0.25) is 14.5 Å². The Morgan fingerprint density at radius 2 is 2.00 bits per heavy atom. The van der Waals surface area contributed by atoms with E-state index in [1.54, 1.807) is 22.1 Å². The standard InChI is InChI=1S/C29H31N5O4S/c1-3-23(35)33-14-12-18(16-33)31-27(36)26-25-24-22(11-13-30-28(24)39-26)34(29(37)32-25)21-10-9-20(15-17(21)2)38-19-7-5-4-6-8-19/h3,9-11,13,15,18-19H,1,4-8,12,14,16H2,2H3,(H,31,36)(H,32,37)/t18-/m1/s1. The summed E-state index contributed by atoms with van der Waals surface area (Å²) in [5.41, 5.74) is 2.82. The number of urea groups is 1. The fraction of sp³-hybridized carbons (Fsp3) is 0.379. The Labute approximate surface area is 230 Å². The number of aryl methyl sites for hydroxylation is 1. The molecule has 39 heavy (non-hydrogen) atoms. The van der Waals surface area contributed by atoms with Gasteiger partial charge in [-0.15, -0.1) is 11.3 Å². The van der Waals surface area contributed by atoms with E-state index in [-0.39, 0.29) is 30.0 Å². The summed E-state index contributed by atoms with van der Waals surface area (Å²) in [6, 6.07) is 7.13. The van der Waals surface area contributed by atoms with Crippen molar-refractivity contribution in [3.05, 3.63) is 53.6 Å². The number of nitrogens with zero attached hydrogens (tertiary/aromatic N) is 3. The topological polar surface area (TPSA) is 104 Å². The number of carbonyl (C=O) groups excluding carboxylic acids is 3. The highest BCUT2D eigenvalue weighted by atomic mass is 32.1. The molecule has 0 radical (unpaired) electrons. The molecule has 1 atom stereocenters. The highest BCUT2D eigenvalue weighted by molar-refractivity contribution is 7.21. The number of aromatic nitrogens is 1. The maximum absolute atomic E-state index is 13.5. The summed E-state index contributed by atoms with van der Waals surface area (Å²) in [6.45, 7) is 6.50. The summed E-state index contributed by atoms with van der Waals surface area (Å²) >= 11 is 1.25. The number of benzene rings is 1. The molecule has 202 valence electrons. The van der Waals surface area contributed by atoms with Gasteiger partial charge in [0, 0.05) is 25.3 Å². The van der Waals surface area contributed by atoms with Gasteiger partial charge < -0.3 is 20.3 Å². The van der Waals surface area contributed by atoms with Crippen molar-refractivity contribution in [2.75, 3.05) is 23.3 Å². The second-order valence-electron chi connectivity index (χ2n) is 10.4. The molecule has 3 aromatic rings. The largest absolute Gasteiger partial charge is 0.490 e. The van der Waals surface area contributed by atoms with E-state index in [0.29, 0.717) is 40.6 Å². The van der Waals surface area contributed by atoms with Crippen molar-refractivity contribution in [3.63, 3.8) is 0 Å². The SMILES string of the molecule is C=CC(=O)N1CC[C@@H](NC(=O)c2sc3nccc4c3c2NC(=O)N4c2ccc(OC3CCCCC3)cc2C)C1. The number of nitrogens with one attached hydrogen (secondary N) is 2. The molecule has 1 aliphatic carbocycles. The van der Waals surface area contributed by atoms with Crippen LogP contribution < -0.4 is 20.3 Å². The molecule has 2 fully saturated rings. The number of anilines is 3. The first-order valence-corrected chi connectivity index (χ1v) is 14.3. The highest BCUT2D eigenvalue weighted by Crippen LogP contribution is 2.46. The van der Waals surface area contributed by atoms with Crippen LogP contribution >= 0.6 is 11.3 Å². The zero-order chi connectivity index (χ0) is 27.1. The number of pyridine rings is 1. The third-order valence-electron chi connectivity index (χ3n) is 7.73. The maximum atomic E-state index is 13.5. The smallest absolute Gasteiger partial charge is 0.331 e. The molecule has 1 aromatic carbocycles. The minimum absolute atomic E-state index is 0.145. The molecule has 2 aliphatic heterocycles. The number of likely N-dealkylation sites (tertiary alicyclic amines) is 1. The van der Waals surface area contributed by atoms with Gasteiger partial charge in [-0.05, 0) is 74.9 Å². The van der Waals surface area contributed by atoms with Crippen LogP contribution in [-0.2, 0) is 4.79 Å². The Balaban J connectivity index is 1.27. The van der Waals surface area contributed by atoms with Crippen molar-refractivity contribution >= 4 is 56.5 Å². The average Bonchev–Trinajstić information content (AvgIpc) is 3.55. The van der Waals surface area contributed by atoms with Crippen molar-refractivity contribution in [2.45, 2.75) is 57.6 Å². The normalized spacial score (nSPS) is 19.2. The van der Waals surface area contributed by atoms with Crippen LogP contribution in [0.5, 0.6) is 5.75 Å². The number of hydrogen-bond acceptors (Lipinski definition) is 6. The van der Waals surface area contributed by atoms with Crippen molar-refractivity contribution in [3.8, 4) is 5.75 Å². The maximum Gasteiger partial charge on any atom is 0.331 e. The van der Waals surface area contributed by atoms with Gasteiger partial charge >= 0.3 is 6.03 Å². The highest BCUT2D eigenvalue weighted by Gasteiger charge is 2.34.